The second-order valence-electron chi connectivity index (χ2n) is 11.4. The van der Waals surface area contributed by atoms with Crippen LogP contribution in [-0.2, 0) is 0 Å². The maximum atomic E-state index is 6.42. The minimum atomic E-state index is 0.870. The molecule has 0 aliphatic rings. The maximum Gasteiger partial charge on any atom is 0.137 e. The fraction of sp³-hybridized carbons (Fsp3) is 0. The molecule has 2 heterocycles. The Morgan fingerprint density at radius 1 is 0.444 bits per heavy atom. The standard InChI is InChI=1S/C42H28N2O/c1-3-14-29(15-4-1)32-18-7-10-21-36(32)44(31-26-27-34-33-19-9-12-25-40(33)45-41(34)28-31)39-24-13-23-38-42(39)35-20-8-11-22-37(35)43(38)30-16-5-2-6-17-30/h1-28H. The van der Waals surface area contributed by atoms with Gasteiger partial charge in [-0.3, -0.25) is 0 Å². The van der Waals surface area contributed by atoms with Crippen LogP contribution in [0.25, 0.3) is 60.6 Å². The predicted octanol–water partition coefficient (Wildman–Crippen LogP) is 11.8. The molecule has 0 spiro atoms. The summed E-state index contributed by atoms with van der Waals surface area (Å²) in [7, 11) is 0. The monoisotopic (exact) mass is 576 g/mol. The van der Waals surface area contributed by atoms with E-state index in [9.17, 15) is 0 Å². The third-order valence-electron chi connectivity index (χ3n) is 8.78. The normalized spacial score (nSPS) is 11.6. The molecule has 0 saturated carbocycles. The van der Waals surface area contributed by atoms with Gasteiger partial charge < -0.3 is 13.9 Å². The van der Waals surface area contributed by atoms with Gasteiger partial charge in [0, 0.05) is 44.5 Å². The number of para-hydroxylation sites is 4. The van der Waals surface area contributed by atoms with Gasteiger partial charge in [-0.05, 0) is 60.2 Å². The molecule has 0 unspecified atom stereocenters. The lowest BCUT2D eigenvalue weighted by Gasteiger charge is -2.28. The highest BCUT2D eigenvalue weighted by molar-refractivity contribution is 6.17. The Hall–Kier alpha value is -6.06. The van der Waals surface area contributed by atoms with Crippen molar-refractivity contribution in [3.8, 4) is 16.8 Å². The minimum absolute atomic E-state index is 0.870. The van der Waals surface area contributed by atoms with Crippen LogP contribution >= 0.6 is 0 Å². The molecule has 0 aliphatic heterocycles. The first-order chi connectivity index (χ1) is 22.3. The van der Waals surface area contributed by atoms with Gasteiger partial charge in [-0.1, -0.05) is 109 Å². The third kappa shape index (κ3) is 4.05. The van der Waals surface area contributed by atoms with Crippen LogP contribution in [0.15, 0.2) is 174 Å². The summed E-state index contributed by atoms with van der Waals surface area (Å²) in [4.78, 5) is 2.40. The Bertz CT molecular complexity index is 2490. The summed E-state index contributed by atoms with van der Waals surface area (Å²) in [5, 5.41) is 4.65. The SMILES string of the molecule is c1ccc(-c2ccccc2N(c2ccc3c(c2)oc2ccccc23)c2cccc3c2c2ccccc2n3-c2ccccc2)cc1. The molecule has 9 aromatic rings. The van der Waals surface area contributed by atoms with Gasteiger partial charge in [0.05, 0.1) is 22.4 Å². The van der Waals surface area contributed by atoms with Gasteiger partial charge in [0.2, 0.25) is 0 Å². The number of aromatic nitrogens is 1. The van der Waals surface area contributed by atoms with Gasteiger partial charge >= 0.3 is 0 Å². The number of furan rings is 1. The molecule has 45 heavy (non-hydrogen) atoms. The number of hydrogen-bond donors (Lipinski definition) is 0. The van der Waals surface area contributed by atoms with E-state index in [-0.39, 0.29) is 0 Å². The Morgan fingerprint density at radius 3 is 1.96 bits per heavy atom. The van der Waals surface area contributed by atoms with Crippen LogP contribution in [0.1, 0.15) is 0 Å². The Morgan fingerprint density at radius 2 is 1.09 bits per heavy atom. The minimum Gasteiger partial charge on any atom is -0.456 e. The van der Waals surface area contributed by atoms with Crippen molar-refractivity contribution in [2.45, 2.75) is 0 Å². The second-order valence-corrected chi connectivity index (χ2v) is 11.4. The first-order valence-electron chi connectivity index (χ1n) is 15.3. The molecule has 212 valence electrons. The van der Waals surface area contributed by atoms with E-state index in [4.69, 9.17) is 4.42 Å². The summed E-state index contributed by atoms with van der Waals surface area (Å²) in [6.45, 7) is 0. The lowest BCUT2D eigenvalue weighted by atomic mass is 10.0. The molecule has 3 nitrogen and oxygen atoms in total. The fourth-order valence-electron chi connectivity index (χ4n) is 6.83. The summed E-state index contributed by atoms with van der Waals surface area (Å²) in [6, 6.07) is 60.2. The van der Waals surface area contributed by atoms with Crippen molar-refractivity contribution in [2.24, 2.45) is 0 Å². The Kier molecular flexibility index (Phi) is 5.82. The summed E-state index contributed by atoms with van der Waals surface area (Å²) < 4.78 is 8.79. The molecule has 0 N–H and O–H groups in total. The number of anilines is 3. The van der Waals surface area contributed by atoms with E-state index < -0.39 is 0 Å². The van der Waals surface area contributed by atoms with Gasteiger partial charge in [0.15, 0.2) is 0 Å². The van der Waals surface area contributed by atoms with E-state index >= 15 is 0 Å². The highest BCUT2D eigenvalue weighted by Gasteiger charge is 2.23. The van der Waals surface area contributed by atoms with Crippen molar-refractivity contribution < 1.29 is 4.42 Å². The van der Waals surface area contributed by atoms with Gasteiger partial charge in [-0.15, -0.1) is 0 Å². The largest absolute Gasteiger partial charge is 0.456 e. The van der Waals surface area contributed by atoms with Gasteiger partial charge in [0.1, 0.15) is 11.2 Å². The average Bonchev–Trinajstić information content (AvgIpc) is 3.65. The average molecular weight is 577 g/mol. The molecule has 0 aliphatic carbocycles. The molecular weight excluding hydrogens is 548 g/mol. The first-order valence-corrected chi connectivity index (χ1v) is 15.3. The van der Waals surface area contributed by atoms with Gasteiger partial charge in [-0.25, -0.2) is 0 Å². The zero-order chi connectivity index (χ0) is 29.7. The van der Waals surface area contributed by atoms with Crippen LogP contribution in [0.3, 0.4) is 0 Å². The van der Waals surface area contributed by atoms with Crippen LogP contribution in [0.2, 0.25) is 0 Å². The van der Waals surface area contributed by atoms with E-state index in [1.807, 2.05) is 12.1 Å². The number of fused-ring (bicyclic) bond motifs is 6. The van der Waals surface area contributed by atoms with E-state index in [1.54, 1.807) is 0 Å². The molecule has 7 aromatic carbocycles. The third-order valence-corrected chi connectivity index (χ3v) is 8.78. The van der Waals surface area contributed by atoms with Crippen LogP contribution in [-0.4, -0.2) is 4.57 Å². The van der Waals surface area contributed by atoms with E-state index in [1.165, 1.54) is 21.9 Å². The van der Waals surface area contributed by atoms with Crippen LogP contribution in [0, 0.1) is 0 Å². The van der Waals surface area contributed by atoms with Crippen LogP contribution < -0.4 is 4.90 Å². The molecule has 0 amide bonds. The van der Waals surface area contributed by atoms with E-state index in [0.29, 0.717) is 0 Å². The predicted molar refractivity (Wildman–Crippen MR) is 188 cm³/mol. The Balaban J connectivity index is 1.38. The molecule has 3 heteroatoms. The zero-order valence-electron chi connectivity index (χ0n) is 24.5. The summed E-state index contributed by atoms with van der Waals surface area (Å²) in [6.07, 6.45) is 0. The van der Waals surface area contributed by atoms with Crippen molar-refractivity contribution in [3.63, 3.8) is 0 Å². The zero-order valence-corrected chi connectivity index (χ0v) is 24.5. The molecule has 9 rings (SSSR count). The lowest BCUT2D eigenvalue weighted by Crippen LogP contribution is -2.11. The van der Waals surface area contributed by atoms with Crippen molar-refractivity contribution in [1.82, 2.24) is 4.57 Å². The maximum absolute atomic E-state index is 6.42. The van der Waals surface area contributed by atoms with Gasteiger partial charge in [0.25, 0.3) is 0 Å². The second kappa shape index (κ2) is 10.3. The van der Waals surface area contributed by atoms with Crippen LogP contribution in [0.5, 0.6) is 0 Å². The fourth-order valence-corrected chi connectivity index (χ4v) is 6.83. The molecule has 0 atom stereocenters. The Labute approximate surface area is 260 Å². The highest BCUT2D eigenvalue weighted by Crippen LogP contribution is 2.47. The van der Waals surface area contributed by atoms with Crippen molar-refractivity contribution >= 4 is 60.8 Å². The molecular formula is C42H28N2O. The number of nitrogens with zero attached hydrogens (tertiary/aromatic N) is 2. The number of hydrogen-bond acceptors (Lipinski definition) is 2. The van der Waals surface area contributed by atoms with E-state index in [0.717, 1.165) is 55.8 Å². The molecule has 0 bridgehead atoms. The summed E-state index contributed by atoms with van der Waals surface area (Å²) >= 11 is 0. The number of rotatable bonds is 5. The van der Waals surface area contributed by atoms with Crippen LogP contribution in [0.4, 0.5) is 17.1 Å². The lowest BCUT2D eigenvalue weighted by molar-refractivity contribution is 0.669. The van der Waals surface area contributed by atoms with Crippen molar-refractivity contribution in [2.75, 3.05) is 4.90 Å². The van der Waals surface area contributed by atoms with Crippen molar-refractivity contribution in [1.29, 1.82) is 0 Å². The summed E-state index contributed by atoms with van der Waals surface area (Å²) in [5.41, 5.74) is 10.8. The van der Waals surface area contributed by atoms with E-state index in [2.05, 4.69) is 167 Å². The van der Waals surface area contributed by atoms with Gasteiger partial charge in [-0.2, -0.15) is 0 Å². The molecule has 2 aromatic heterocycles. The topological polar surface area (TPSA) is 21.3 Å². The first kappa shape index (κ1) is 25.4. The summed E-state index contributed by atoms with van der Waals surface area (Å²) in [5.74, 6) is 0. The smallest absolute Gasteiger partial charge is 0.137 e. The highest BCUT2D eigenvalue weighted by atomic mass is 16.3. The van der Waals surface area contributed by atoms with Crippen molar-refractivity contribution in [3.05, 3.63) is 170 Å². The molecule has 0 fully saturated rings. The number of benzene rings is 7. The molecule has 0 radical (unpaired) electrons. The quantitative estimate of drug-likeness (QED) is 0.203. The molecule has 0 saturated heterocycles.